The second kappa shape index (κ2) is 7.89. The van der Waals surface area contributed by atoms with Crippen molar-refractivity contribution in [2.45, 2.75) is 26.4 Å². The number of hydrogen-bond donors (Lipinski definition) is 1. The van der Waals surface area contributed by atoms with Gasteiger partial charge in [0.1, 0.15) is 18.3 Å². The quantitative estimate of drug-likeness (QED) is 0.513. The summed E-state index contributed by atoms with van der Waals surface area (Å²) >= 11 is 1.72. The summed E-state index contributed by atoms with van der Waals surface area (Å²) in [4.78, 5) is 23.4. The van der Waals surface area contributed by atoms with E-state index in [0.717, 1.165) is 32.7 Å². The predicted molar refractivity (Wildman–Crippen MR) is 116 cm³/mol. The normalized spacial score (nSPS) is 13.5. The molecule has 0 aliphatic heterocycles. The van der Waals surface area contributed by atoms with Crippen molar-refractivity contribution in [3.8, 4) is 0 Å². The molecule has 2 aromatic carbocycles. The monoisotopic (exact) mass is 406 g/mol. The molecule has 5 nitrogen and oxygen atoms in total. The summed E-state index contributed by atoms with van der Waals surface area (Å²) in [6.07, 6.45) is 0. The van der Waals surface area contributed by atoms with Crippen LogP contribution < -0.4 is 4.90 Å². The van der Waals surface area contributed by atoms with E-state index in [1.807, 2.05) is 49.4 Å². The van der Waals surface area contributed by atoms with Crippen LogP contribution in [0.1, 0.15) is 39.6 Å². The molecule has 1 unspecified atom stereocenters. The Labute approximate surface area is 174 Å². The van der Waals surface area contributed by atoms with Crippen LogP contribution in [0.3, 0.4) is 0 Å². The number of fused-ring (bicyclic) bond motifs is 2. The molecular formula is C23H24N3O2S+. The molecule has 0 saturated heterocycles. The van der Waals surface area contributed by atoms with Gasteiger partial charge >= 0.3 is 5.97 Å². The van der Waals surface area contributed by atoms with Gasteiger partial charge in [-0.2, -0.15) is 0 Å². The zero-order valence-electron chi connectivity index (χ0n) is 17.0. The second-order valence-corrected chi connectivity index (χ2v) is 8.39. The number of nitrogens with one attached hydrogen (secondary N) is 1. The van der Waals surface area contributed by atoms with Crippen LogP contribution in [0.2, 0.25) is 0 Å². The van der Waals surface area contributed by atoms with Crippen LogP contribution in [0.25, 0.3) is 21.1 Å². The number of para-hydroxylation sites is 2. The highest BCUT2D eigenvalue weighted by Crippen LogP contribution is 2.26. The summed E-state index contributed by atoms with van der Waals surface area (Å²) in [5.41, 5.74) is 4.17. The number of thiazole rings is 1. The van der Waals surface area contributed by atoms with Crippen LogP contribution in [0, 0.1) is 6.92 Å². The minimum atomic E-state index is -0.337. The molecule has 2 aromatic heterocycles. The molecule has 148 valence electrons. The van der Waals surface area contributed by atoms with Crippen molar-refractivity contribution in [1.29, 1.82) is 0 Å². The van der Waals surface area contributed by atoms with Crippen LogP contribution in [-0.4, -0.2) is 30.1 Å². The summed E-state index contributed by atoms with van der Waals surface area (Å²) in [5, 5.41) is 2.06. The highest BCUT2D eigenvalue weighted by atomic mass is 32.1. The number of carbonyl (C=O) groups excluding carboxylic acids is 1. The van der Waals surface area contributed by atoms with Crippen molar-refractivity contribution in [2.24, 2.45) is 0 Å². The van der Waals surface area contributed by atoms with E-state index in [9.17, 15) is 4.79 Å². The third-order valence-corrected chi connectivity index (χ3v) is 6.70. The van der Waals surface area contributed by atoms with E-state index in [-0.39, 0.29) is 12.0 Å². The van der Waals surface area contributed by atoms with Crippen LogP contribution in [0.4, 0.5) is 0 Å². The summed E-state index contributed by atoms with van der Waals surface area (Å²) in [6, 6.07) is 16.3. The summed E-state index contributed by atoms with van der Waals surface area (Å²) < 4.78 is 6.27. The minimum absolute atomic E-state index is 0.173. The fraction of sp³-hybridized carbons (Fsp3) is 0.261. The molecule has 4 aromatic rings. The molecule has 0 radical (unpaired) electrons. The van der Waals surface area contributed by atoms with E-state index in [4.69, 9.17) is 14.7 Å². The van der Waals surface area contributed by atoms with E-state index >= 15 is 0 Å². The van der Waals surface area contributed by atoms with E-state index < -0.39 is 0 Å². The number of aryl methyl sites for hydroxylation is 1. The first-order chi connectivity index (χ1) is 14.0. The number of methoxy groups -OCH3 is 1. The van der Waals surface area contributed by atoms with E-state index in [2.05, 4.69) is 20.0 Å². The fourth-order valence-corrected chi connectivity index (χ4v) is 4.76. The van der Waals surface area contributed by atoms with Gasteiger partial charge in [-0.05, 0) is 37.6 Å². The van der Waals surface area contributed by atoms with E-state index in [1.54, 1.807) is 11.3 Å². The molecule has 2 heterocycles. The van der Waals surface area contributed by atoms with Gasteiger partial charge in [0, 0.05) is 5.39 Å². The second-order valence-electron chi connectivity index (χ2n) is 7.33. The first-order valence-electron chi connectivity index (χ1n) is 9.64. The SMILES string of the molecule is COC(=O)c1c(C[NH+](C)[C@H](C)c2nc3ccccc3s2)nc2ccccc2c1C. The van der Waals surface area contributed by atoms with Crippen molar-refractivity contribution >= 4 is 38.4 Å². The van der Waals surface area contributed by atoms with Gasteiger partial charge in [0.05, 0.1) is 35.5 Å². The largest absolute Gasteiger partial charge is 0.465 e. The van der Waals surface area contributed by atoms with Crippen LogP contribution in [0.5, 0.6) is 0 Å². The third kappa shape index (κ3) is 3.61. The molecule has 0 saturated carbocycles. The van der Waals surface area contributed by atoms with Gasteiger partial charge < -0.3 is 9.64 Å². The van der Waals surface area contributed by atoms with Gasteiger partial charge in [0.15, 0.2) is 5.01 Å². The van der Waals surface area contributed by atoms with Crippen molar-refractivity contribution in [1.82, 2.24) is 9.97 Å². The van der Waals surface area contributed by atoms with Crippen LogP contribution >= 0.6 is 11.3 Å². The van der Waals surface area contributed by atoms with E-state index in [0.29, 0.717) is 12.1 Å². The Hall–Kier alpha value is -2.83. The molecule has 2 atom stereocenters. The Balaban J connectivity index is 1.71. The number of quaternary nitrogens is 1. The van der Waals surface area contributed by atoms with Crippen LogP contribution in [0.15, 0.2) is 48.5 Å². The molecule has 0 bridgehead atoms. The molecule has 0 spiro atoms. The summed E-state index contributed by atoms with van der Waals surface area (Å²) in [5.74, 6) is -0.337. The lowest BCUT2D eigenvalue weighted by molar-refractivity contribution is -0.924. The van der Waals surface area contributed by atoms with Gasteiger partial charge in [0.2, 0.25) is 0 Å². The maximum atomic E-state index is 12.6. The number of pyridine rings is 1. The molecule has 6 heteroatoms. The molecule has 1 N–H and O–H groups in total. The van der Waals surface area contributed by atoms with Gasteiger partial charge in [-0.3, -0.25) is 0 Å². The minimum Gasteiger partial charge on any atom is -0.465 e. The Morgan fingerprint density at radius 2 is 1.79 bits per heavy atom. The van der Waals surface area contributed by atoms with Crippen LogP contribution in [-0.2, 0) is 11.3 Å². The average Bonchev–Trinajstić information content (AvgIpc) is 3.17. The Kier molecular flexibility index (Phi) is 5.30. The maximum Gasteiger partial charge on any atom is 0.340 e. The van der Waals surface area contributed by atoms with Gasteiger partial charge in [-0.25, -0.2) is 14.8 Å². The molecule has 0 amide bonds. The number of nitrogens with zero attached hydrogens (tertiary/aromatic N) is 2. The van der Waals surface area contributed by atoms with Gasteiger partial charge in [-0.15, -0.1) is 11.3 Å². The molecular weight excluding hydrogens is 382 g/mol. The smallest absolute Gasteiger partial charge is 0.340 e. The standard InChI is InChI=1S/C23H23N3O2S/c1-14-16-9-5-6-10-17(16)24-19(21(14)23(27)28-4)13-26(3)15(2)22-25-18-11-7-8-12-20(18)29-22/h5-12,15H,13H2,1-4H3/p+1/t15-/m1/s1. The number of esters is 1. The molecule has 0 aliphatic rings. The zero-order valence-corrected chi connectivity index (χ0v) is 17.8. The number of carbonyl (C=O) groups is 1. The molecule has 0 fully saturated rings. The molecule has 0 aliphatic carbocycles. The fourth-order valence-electron chi connectivity index (χ4n) is 3.64. The Bertz CT molecular complexity index is 1170. The number of hydrogen-bond acceptors (Lipinski definition) is 5. The average molecular weight is 407 g/mol. The number of rotatable bonds is 5. The summed E-state index contributed by atoms with van der Waals surface area (Å²) in [6.45, 7) is 4.73. The lowest BCUT2D eigenvalue weighted by Crippen LogP contribution is -3.07. The number of benzene rings is 2. The highest BCUT2D eigenvalue weighted by molar-refractivity contribution is 7.18. The lowest BCUT2D eigenvalue weighted by Gasteiger charge is -2.21. The third-order valence-electron chi connectivity index (χ3n) is 5.48. The molecule has 4 rings (SSSR count). The predicted octanol–water partition coefficient (Wildman–Crippen LogP) is 3.72. The maximum absolute atomic E-state index is 12.6. The zero-order chi connectivity index (χ0) is 20.5. The highest BCUT2D eigenvalue weighted by Gasteiger charge is 2.25. The van der Waals surface area contributed by atoms with Gasteiger partial charge in [-0.1, -0.05) is 30.3 Å². The lowest BCUT2D eigenvalue weighted by atomic mass is 10.0. The van der Waals surface area contributed by atoms with Crippen molar-refractivity contribution < 1.29 is 14.4 Å². The molecule has 29 heavy (non-hydrogen) atoms. The van der Waals surface area contributed by atoms with Gasteiger partial charge in [0.25, 0.3) is 0 Å². The summed E-state index contributed by atoms with van der Waals surface area (Å²) in [7, 11) is 3.53. The Morgan fingerprint density at radius 1 is 1.10 bits per heavy atom. The first kappa shape index (κ1) is 19.5. The first-order valence-corrected chi connectivity index (χ1v) is 10.5. The van der Waals surface area contributed by atoms with Crippen molar-refractivity contribution in [2.75, 3.05) is 14.2 Å². The van der Waals surface area contributed by atoms with Crippen molar-refractivity contribution in [3.63, 3.8) is 0 Å². The Morgan fingerprint density at radius 3 is 2.52 bits per heavy atom. The number of ether oxygens (including phenoxy) is 1. The van der Waals surface area contributed by atoms with E-state index in [1.165, 1.54) is 16.7 Å². The topological polar surface area (TPSA) is 56.5 Å². The number of aromatic nitrogens is 2. The van der Waals surface area contributed by atoms with Crippen molar-refractivity contribution in [3.05, 3.63) is 70.4 Å².